The summed E-state index contributed by atoms with van der Waals surface area (Å²) in [6, 6.07) is 0. The highest BCUT2D eigenvalue weighted by molar-refractivity contribution is 7.84. The summed E-state index contributed by atoms with van der Waals surface area (Å²) in [4.78, 5) is 11.4. The molecule has 4 heteroatoms. The summed E-state index contributed by atoms with van der Waals surface area (Å²) < 4.78 is 13.8. The number of rotatable bonds is 4. The molecule has 3 atom stereocenters. The minimum Gasteiger partial charge on any atom is -0.275 e. The van der Waals surface area contributed by atoms with Gasteiger partial charge >= 0.3 is 0 Å². The molecule has 0 aromatic heterocycles. The first-order chi connectivity index (χ1) is 6.22. The average molecular weight is 199 g/mol. The van der Waals surface area contributed by atoms with Crippen molar-refractivity contribution in [1.82, 2.24) is 4.72 Å². The lowest BCUT2D eigenvalue weighted by Gasteiger charge is -2.01. The van der Waals surface area contributed by atoms with E-state index in [-0.39, 0.29) is 17.1 Å². The first-order valence-corrected chi connectivity index (χ1v) is 5.77. The molecule has 0 aliphatic heterocycles. The Kier molecular flexibility index (Phi) is 2.24. The molecule has 2 aliphatic carbocycles. The molecule has 0 spiro atoms. The summed E-state index contributed by atoms with van der Waals surface area (Å²) in [5, 5.41) is 0.227. The first-order valence-electron chi connectivity index (χ1n) is 4.56. The summed E-state index contributed by atoms with van der Waals surface area (Å²) >= 11 is 0. The maximum Gasteiger partial charge on any atom is 0.235 e. The third kappa shape index (κ3) is 1.99. The summed E-state index contributed by atoms with van der Waals surface area (Å²) in [6.07, 6.45) is 4.65. The van der Waals surface area contributed by atoms with E-state index >= 15 is 0 Å². The van der Waals surface area contributed by atoms with Crippen molar-refractivity contribution in [2.45, 2.75) is 24.5 Å². The standard InChI is InChI=1S/C9H13NO2S/c1-2-6-5-8(6)9(11)10-13(12)7-3-4-7/h2,6-8H,1,3-5H2,(H,10,11). The zero-order valence-corrected chi connectivity index (χ0v) is 8.18. The van der Waals surface area contributed by atoms with Crippen LogP contribution < -0.4 is 4.72 Å². The molecule has 3 nitrogen and oxygen atoms in total. The van der Waals surface area contributed by atoms with E-state index in [4.69, 9.17) is 0 Å². The van der Waals surface area contributed by atoms with Crippen molar-refractivity contribution < 1.29 is 9.00 Å². The largest absolute Gasteiger partial charge is 0.275 e. The number of hydrogen-bond donors (Lipinski definition) is 1. The molecule has 0 heterocycles. The van der Waals surface area contributed by atoms with Crippen LogP contribution in [0.2, 0.25) is 0 Å². The second-order valence-corrected chi connectivity index (χ2v) is 5.17. The number of nitrogens with one attached hydrogen (secondary N) is 1. The Hall–Kier alpha value is -0.640. The predicted octanol–water partition coefficient (Wildman–Crippen LogP) is 0.751. The van der Waals surface area contributed by atoms with Gasteiger partial charge in [-0.05, 0) is 25.2 Å². The van der Waals surface area contributed by atoms with Gasteiger partial charge in [-0.25, -0.2) is 4.21 Å². The van der Waals surface area contributed by atoms with Crippen molar-refractivity contribution in [3.05, 3.63) is 12.7 Å². The summed E-state index contributed by atoms with van der Waals surface area (Å²) in [7, 11) is -1.12. The molecule has 2 rings (SSSR count). The zero-order valence-electron chi connectivity index (χ0n) is 7.36. The minimum absolute atomic E-state index is 0.0419. The Morgan fingerprint density at radius 3 is 2.69 bits per heavy atom. The molecular formula is C9H13NO2S. The smallest absolute Gasteiger partial charge is 0.235 e. The lowest BCUT2D eigenvalue weighted by Crippen LogP contribution is -2.29. The van der Waals surface area contributed by atoms with Crippen LogP contribution in [0.15, 0.2) is 12.7 Å². The molecule has 0 bridgehead atoms. The van der Waals surface area contributed by atoms with Crippen molar-refractivity contribution in [2.75, 3.05) is 0 Å². The highest BCUT2D eigenvalue weighted by Gasteiger charge is 2.42. The Bertz CT molecular complexity index is 273. The molecule has 0 aromatic carbocycles. The van der Waals surface area contributed by atoms with Gasteiger partial charge in [-0.1, -0.05) is 6.08 Å². The van der Waals surface area contributed by atoms with Crippen LogP contribution in [0.4, 0.5) is 0 Å². The Morgan fingerprint density at radius 1 is 1.54 bits per heavy atom. The molecular weight excluding hydrogens is 186 g/mol. The van der Waals surface area contributed by atoms with Crippen LogP contribution in [0.3, 0.4) is 0 Å². The molecule has 0 aromatic rings. The van der Waals surface area contributed by atoms with Crippen LogP contribution in [0.25, 0.3) is 0 Å². The van der Waals surface area contributed by atoms with E-state index < -0.39 is 11.0 Å². The van der Waals surface area contributed by atoms with E-state index in [1.165, 1.54) is 0 Å². The Morgan fingerprint density at radius 2 is 2.23 bits per heavy atom. The normalized spacial score (nSPS) is 33.5. The monoisotopic (exact) mass is 199 g/mol. The molecule has 13 heavy (non-hydrogen) atoms. The number of hydrogen-bond acceptors (Lipinski definition) is 2. The van der Waals surface area contributed by atoms with E-state index in [1.807, 2.05) is 0 Å². The van der Waals surface area contributed by atoms with Gasteiger partial charge < -0.3 is 0 Å². The van der Waals surface area contributed by atoms with Crippen LogP contribution in [0.5, 0.6) is 0 Å². The van der Waals surface area contributed by atoms with Gasteiger partial charge in [0, 0.05) is 5.92 Å². The van der Waals surface area contributed by atoms with Gasteiger partial charge in [0.25, 0.3) is 0 Å². The average Bonchev–Trinajstić information content (AvgIpc) is 2.98. The van der Waals surface area contributed by atoms with Crippen molar-refractivity contribution in [3.8, 4) is 0 Å². The first kappa shape index (κ1) is 8.94. The quantitative estimate of drug-likeness (QED) is 0.679. The fourth-order valence-corrected chi connectivity index (χ4v) is 2.40. The van der Waals surface area contributed by atoms with Crippen LogP contribution in [-0.2, 0) is 15.8 Å². The number of carbonyl (C=O) groups excluding carboxylic acids is 1. The highest BCUT2D eigenvalue weighted by atomic mass is 32.2. The van der Waals surface area contributed by atoms with Crippen molar-refractivity contribution in [3.63, 3.8) is 0 Å². The van der Waals surface area contributed by atoms with Crippen molar-refractivity contribution >= 4 is 16.9 Å². The zero-order chi connectivity index (χ0) is 9.42. The molecule has 1 N–H and O–H groups in total. The van der Waals surface area contributed by atoms with Gasteiger partial charge in [0.2, 0.25) is 5.91 Å². The minimum atomic E-state index is -1.12. The lowest BCUT2D eigenvalue weighted by atomic mass is 10.3. The number of carbonyl (C=O) groups is 1. The van der Waals surface area contributed by atoms with Gasteiger partial charge in [0.05, 0.1) is 5.25 Å². The molecule has 2 saturated carbocycles. The summed E-state index contributed by atoms with van der Waals surface area (Å²) in [5.74, 6) is 0.298. The third-order valence-electron chi connectivity index (χ3n) is 2.51. The highest BCUT2D eigenvalue weighted by Crippen LogP contribution is 2.39. The van der Waals surface area contributed by atoms with E-state index in [9.17, 15) is 9.00 Å². The SMILES string of the molecule is C=CC1CC1C(=O)NS(=O)C1CC1. The van der Waals surface area contributed by atoms with Gasteiger partial charge in [0.15, 0.2) is 0 Å². The Labute approximate surface area is 80.2 Å². The lowest BCUT2D eigenvalue weighted by molar-refractivity contribution is -0.120. The topological polar surface area (TPSA) is 46.2 Å². The number of amides is 1. The van der Waals surface area contributed by atoms with Crippen LogP contribution >= 0.6 is 0 Å². The fraction of sp³-hybridized carbons (Fsp3) is 0.667. The molecule has 3 unspecified atom stereocenters. The molecule has 1 amide bonds. The van der Waals surface area contributed by atoms with Gasteiger partial charge in [-0.3, -0.25) is 9.52 Å². The molecule has 0 saturated heterocycles. The van der Waals surface area contributed by atoms with Gasteiger partial charge in [-0.15, -0.1) is 6.58 Å². The van der Waals surface area contributed by atoms with Gasteiger partial charge in [0.1, 0.15) is 11.0 Å². The predicted molar refractivity (Wildman–Crippen MR) is 51.1 cm³/mol. The molecule has 2 aliphatic rings. The van der Waals surface area contributed by atoms with Crippen molar-refractivity contribution in [2.24, 2.45) is 11.8 Å². The van der Waals surface area contributed by atoms with Crippen LogP contribution in [-0.4, -0.2) is 15.4 Å². The van der Waals surface area contributed by atoms with Crippen LogP contribution in [0, 0.1) is 11.8 Å². The van der Waals surface area contributed by atoms with E-state index in [0.29, 0.717) is 5.92 Å². The summed E-state index contributed by atoms with van der Waals surface area (Å²) in [5.41, 5.74) is 0. The van der Waals surface area contributed by atoms with Gasteiger partial charge in [-0.2, -0.15) is 0 Å². The van der Waals surface area contributed by atoms with E-state index in [2.05, 4.69) is 11.3 Å². The molecule has 0 radical (unpaired) electrons. The Balaban J connectivity index is 1.78. The number of allylic oxidation sites excluding steroid dienone is 1. The van der Waals surface area contributed by atoms with E-state index in [0.717, 1.165) is 19.3 Å². The van der Waals surface area contributed by atoms with Crippen LogP contribution in [0.1, 0.15) is 19.3 Å². The van der Waals surface area contributed by atoms with Crippen molar-refractivity contribution in [1.29, 1.82) is 0 Å². The fourth-order valence-electron chi connectivity index (χ4n) is 1.32. The van der Waals surface area contributed by atoms with E-state index in [1.54, 1.807) is 6.08 Å². The second kappa shape index (κ2) is 3.25. The molecule has 2 fully saturated rings. The molecule has 72 valence electrons. The third-order valence-corrected chi connectivity index (χ3v) is 3.99. The second-order valence-electron chi connectivity index (χ2n) is 3.70. The summed E-state index contributed by atoms with van der Waals surface area (Å²) in [6.45, 7) is 3.63. The maximum absolute atomic E-state index is 11.4. The maximum atomic E-state index is 11.4.